The molecule has 18 heavy (non-hydrogen) atoms. The highest BCUT2D eigenvalue weighted by atomic mass is 127. The Kier molecular flexibility index (Phi) is 4.79. The number of halogens is 3. The summed E-state index contributed by atoms with van der Waals surface area (Å²) in [4.78, 5) is 16.1. The van der Waals surface area contributed by atoms with Gasteiger partial charge in [0.2, 0.25) is 0 Å². The molecule has 0 unspecified atom stereocenters. The number of pyridine rings is 1. The second kappa shape index (κ2) is 6.16. The van der Waals surface area contributed by atoms with Crippen LogP contribution < -0.4 is 5.32 Å². The summed E-state index contributed by atoms with van der Waals surface area (Å²) in [7, 11) is 0. The molecule has 0 saturated heterocycles. The monoisotopic (exact) mass is 484 g/mol. The molecule has 0 fully saturated rings. The van der Waals surface area contributed by atoms with Gasteiger partial charge >= 0.3 is 0 Å². The van der Waals surface area contributed by atoms with E-state index in [4.69, 9.17) is 11.6 Å². The smallest absolute Gasteiger partial charge is 0.258 e. The van der Waals surface area contributed by atoms with E-state index in [1.165, 1.54) is 0 Å². The number of anilines is 1. The molecule has 0 aliphatic carbocycles. The van der Waals surface area contributed by atoms with Gasteiger partial charge in [0.05, 0.1) is 10.6 Å². The van der Waals surface area contributed by atoms with Crippen molar-refractivity contribution in [3.8, 4) is 0 Å². The predicted octanol–water partition coefficient (Wildman–Crippen LogP) is 4.20. The van der Waals surface area contributed by atoms with Crippen LogP contribution in [0.4, 0.5) is 5.82 Å². The Balaban J connectivity index is 2.21. The van der Waals surface area contributed by atoms with E-state index in [9.17, 15) is 4.79 Å². The van der Waals surface area contributed by atoms with Crippen molar-refractivity contribution in [1.29, 1.82) is 0 Å². The zero-order chi connectivity index (χ0) is 13.1. The van der Waals surface area contributed by atoms with Crippen LogP contribution in [0, 0.1) is 7.14 Å². The van der Waals surface area contributed by atoms with Crippen LogP contribution in [-0.2, 0) is 0 Å². The second-order valence-electron chi connectivity index (χ2n) is 3.44. The number of carbonyl (C=O) groups is 1. The van der Waals surface area contributed by atoms with Gasteiger partial charge in [0.25, 0.3) is 5.91 Å². The lowest BCUT2D eigenvalue weighted by Gasteiger charge is -2.06. The van der Waals surface area contributed by atoms with Crippen molar-refractivity contribution < 1.29 is 4.79 Å². The van der Waals surface area contributed by atoms with E-state index >= 15 is 0 Å². The third-order valence-corrected chi connectivity index (χ3v) is 3.78. The summed E-state index contributed by atoms with van der Waals surface area (Å²) >= 11 is 10.3. The van der Waals surface area contributed by atoms with E-state index in [1.54, 1.807) is 24.4 Å². The molecule has 0 atom stereocenters. The van der Waals surface area contributed by atoms with Crippen LogP contribution in [0.25, 0.3) is 0 Å². The minimum absolute atomic E-state index is 0.257. The Morgan fingerprint density at radius 2 is 1.89 bits per heavy atom. The van der Waals surface area contributed by atoms with E-state index < -0.39 is 0 Å². The van der Waals surface area contributed by atoms with E-state index in [2.05, 4.69) is 55.5 Å². The summed E-state index contributed by atoms with van der Waals surface area (Å²) in [5, 5.41) is 3.14. The number of amides is 1. The Morgan fingerprint density at radius 1 is 1.17 bits per heavy atom. The van der Waals surface area contributed by atoms with Crippen LogP contribution in [0.5, 0.6) is 0 Å². The average molecular weight is 484 g/mol. The molecule has 0 spiro atoms. The highest BCUT2D eigenvalue weighted by molar-refractivity contribution is 14.1. The Morgan fingerprint density at radius 3 is 2.56 bits per heavy atom. The van der Waals surface area contributed by atoms with Crippen molar-refractivity contribution in [3.63, 3.8) is 0 Å². The largest absolute Gasteiger partial charge is 0.307 e. The van der Waals surface area contributed by atoms with Crippen molar-refractivity contribution in [2.75, 3.05) is 5.32 Å². The molecule has 1 amide bonds. The molecule has 1 aromatic heterocycles. The van der Waals surface area contributed by atoms with Gasteiger partial charge in [-0.1, -0.05) is 11.6 Å². The molecule has 0 aliphatic heterocycles. The summed E-state index contributed by atoms with van der Waals surface area (Å²) in [5.41, 5.74) is 0.448. The Labute approximate surface area is 137 Å². The number of carbonyl (C=O) groups excluding carboxylic acids is 1. The van der Waals surface area contributed by atoms with Gasteiger partial charge in [-0.05, 0) is 75.5 Å². The summed E-state index contributed by atoms with van der Waals surface area (Å²) in [6, 6.07) is 8.92. The maximum absolute atomic E-state index is 12.0. The first-order chi connectivity index (χ1) is 8.56. The van der Waals surface area contributed by atoms with Crippen LogP contribution in [0.15, 0.2) is 36.5 Å². The molecule has 1 heterocycles. The van der Waals surface area contributed by atoms with Crippen LogP contribution in [-0.4, -0.2) is 10.9 Å². The number of benzene rings is 1. The lowest BCUT2D eigenvalue weighted by molar-refractivity contribution is 0.102. The Bertz CT molecular complexity index is 587. The maximum Gasteiger partial charge on any atom is 0.258 e. The first kappa shape index (κ1) is 14.0. The number of nitrogens with zero attached hydrogens (tertiary/aromatic N) is 1. The molecule has 0 radical (unpaired) electrons. The average Bonchev–Trinajstić information content (AvgIpc) is 2.35. The summed E-state index contributed by atoms with van der Waals surface area (Å²) in [6.45, 7) is 0. The third kappa shape index (κ3) is 3.55. The van der Waals surface area contributed by atoms with Crippen LogP contribution >= 0.6 is 56.8 Å². The van der Waals surface area contributed by atoms with Gasteiger partial charge in [-0.2, -0.15) is 0 Å². The first-order valence-corrected chi connectivity index (χ1v) is 7.48. The first-order valence-electron chi connectivity index (χ1n) is 4.94. The van der Waals surface area contributed by atoms with Crippen molar-refractivity contribution in [2.45, 2.75) is 0 Å². The minimum Gasteiger partial charge on any atom is -0.307 e. The topological polar surface area (TPSA) is 42.0 Å². The molecular weight excluding hydrogens is 477 g/mol. The fourth-order valence-electron chi connectivity index (χ4n) is 1.30. The van der Waals surface area contributed by atoms with Gasteiger partial charge in [0.15, 0.2) is 0 Å². The highest BCUT2D eigenvalue weighted by Crippen LogP contribution is 2.20. The number of nitrogens with one attached hydrogen (secondary N) is 1. The molecule has 1 aromatic carbocycles. The van der Waals surface area contributed by atoms with E-state index in [-0.39, 0.29) is 5.91 Å². The molecule has 2 aromatic rings. The predicted molar refractivity (Wildman–Crippen MR) is 89.1 cm³/mol. The van der Waals surface area contributed by atoms with Crippen LogP contribution in [0.2, 0.25) is 5.02 Å². The molecule has 6 heteroatoms. The fraction of sp³-hybridized carbons (Fsp3) is 0. The van der Waals surface area contributed by atoms with Crippen LogP contribution in [0.1, 0.15) is 10.4 Å². The molecule has 0 bridgehead atoms. The lowest BCUT2D eigenvalue weighted by Crippen LogP contribution is -2.13. The van der Waals surface area contributed by atoms with Gasteiger partial charge in [0, 0.05) is 13.3 Å². The lowest BCUT2D eigenvalue weighted by atomic mass is 10.2. The normalized spacial score (nSPS) is 10.2. The zero-order valence-corrected chi connectivity index (χ0v) is 14.0. The van der Waals surface area contributed by atoms with Gasteiger partial charge in [-0.25, -0.2) is 4.98 Å². The quantitative estimate of drug-likeness (QED) is 0.650. The Hall–Kier alpha value is -0.410. The molecule has 92 valence electrons. The molecule has 1 N–H and O–H groups in total. The highest BCUT2D eigenvalue weighted by Gasteiger charge is 2.11. The number of hydrogen-bond acceptors (Lipinski definition) is 2. The van der Waals surface area contributed by atoms with E-state index in [1.807, 2.05) is 12.1 Å². The van der Waals surface area contributed by atoms with Crippen molar-refractivity contribution >= 4 is 68.5 Å². The van der Waals surface area contributed by atoms with Crippen molar-refractivity contribution in [2.24, 2.45) is 0 Å². The van der Waals surface area contributed by atoms with Gasteiger partial charge in [-0.3, -0.25) is 4.79 Å². The standard InChI is InChI=1S/C12H7ClI2N2O/c13-10-3-1-7(14)5-9(10)12(18)17-11-4-2-8(15)6-16-11/h1-6H,(H,16,17,18). The number of aromatic nitrogens is 1. The fourth-order valence-corrected chi connectivity index (χ4v) is 2.32. The summed E-state index contributed by atoms with van der Waals surface area (Å²) < 4.78 is 1.97. The molecule has 0 aliphatic rings. The third-order valence-electron chi connectivity index (χ3n) is 2.14. The van der Waals surface area contributed by atoms with Crippen molar-refractivity contribution in [1.82, 2.24) is 4.98 Å². The summed E-state index contributed by atoms with van der Waals surface area (Å²) in [5.74, 6) is 0.252. The minimum atomic E-state index is -0.257. The van der Waals surface area contributed by atoms with E-state index in [0.29, 0.717) is 16.4 Å². The number of rotatable bonds is 2. The second-order valence-corrected chi connectivity index (χ2v) is 6.34. The molecular formula is C12H7ClI2N2O. The summed E-state index contributed by atoms with van der Waals surface area (Å²) in [6.07, 6.45) is 1.69. The van der Waals surface area contributed by atoms with Gasteiger partial charge < -0.3 is 5.32 Å². The zero-order valence-electron chi connectivity index (χ0n) is 8.95. The molecule has 0 saturated carbocycles. The van der Waals surface area contributed by atoms with Crippen LogP contribution in [0.3, 0.4) is 0 Å². The maximum atomic E-state index is 12.0. The SMILES string of the molecule is O=C(Nc1ccc(I)cn1)c1cc(I)ccc1Cl. The van der Waals surface area contributed by atoms with Gasteiger partial charge in [0.1, 0.15) is 5.82 Å². The number of hydrogen-bond donors (Lipinski definition) is 1. The molecule has 3 nitrogen and oxygen atoms in total. The molecule has 2 rings (SSSR count). The van der Waals surface area contributed by atoms with Crippen molar-refractivity contribution in [3.05, 3.63) is 54.3 Å². The van der Waals surface area contributed by atoms with Gasteiger partial charge in [-0.15, -0.1) is 0 Å². The van der Waals surface area contributed by atoms with E-state index in [0.717, 1.165) is 7.14 Å².